The molecule has 0 N–H and O–H groups in total. The lowest BCUT2D eigenvalue weighted by molar-refractivity contribution is 0.590. The molecule has 14 aromatic rings. The summed E-state index contributed by atoms with van der Waals surface area (Å²) >= 11 is 0. The summed E-state index contributed by atoms with van der Waals surface area (Å²) in [5.41, 5.74) is 25.4. The molecule has 0 saturated carbocycles. The molecular formula is C100H105N3O2Si. The van der Waals surface area contributed by atoms with Crippen molar-refractivity contribution in [2.24, 2.45) is 0 Å². The maximum atomic E-state index is 7.82. The average molecular weight is 1410 g/mol. The topological polar surface area (TPSA) is 36.0 Å². The molecule has 12 aromatic carbocycles. The van der Waals surface area contributed by atoms with Gasteiger partial charge in [-0.1, -0.05) is 295 Å². The summed E-state index contributed by atoms with van der Waals surface area (Å²) in [7, 11) is -1.88. The first-order valence-corrected chi connectivity index (χ1v) is 41.7. The third kappa shape index (κ3) is 12.6. The summed E-state index contributed by atoms with van der Waals surface area (Å²) in [4.78, 5) is 7.45. The molecule has 0 radical (unpaired) electrons. The molecular weight excluding hydrogens is 1300 g/mol. The molecule has 0 aliphatic heterocycles. The molecule has 1 aliphatic rings. The normalized spacial score (nSPS) is 13.6. The van der Waals surface area contributed by atoms with E-state index in [1.807, 2.05) is 0 Å². The highest BCUT2D eigenvalue weighted by atomic mass is 28.3. The van der Waals surface area contributed by atoms with Gasteiger partial charge >= 0.3 is 0 Å². The molecule has 0 bridgehead atoms. The number of furan rings is 2. The van der Waals surface area contributed by atoms with Gasteiger partial charge in [0.15, 0.2) is 0 Å². The molecule has 0 amide bonds. The van der Waals surface area contributed by atoms with Crippen LogP contribution in [0.4, 0.5) is 51.2 Å². The lowest BCUT2D eigenvalue weighted by Gasteiger charge is -2.37. The van der Waals surface area contributed by atoms with Gasteiger partial charge in [0.25, 0.3) is 0 Å². The van der Waals surface area contributed by atoms with Gasteiger partial charge in [0.05, 0.1) is 35.6 Å². The van der Waals surface area contributed by atoms with Crippen LogP contribution in [0.5, 0.6) is 0 Å². The molecule has 2 aromatic heterocycles. The van der Waals surface area contributed by atoms with Crippen LogP contribution in [0.2, 0.25) is 19.6 Å². The molecule has 0 unspecified atom stereocenters. The molecule has 0 saturated heterocycles. The minimum absolute atomic E-state index is 0.0218. The Hall–Kier alpha value is -10.1. The van der Waals surface area contributed by atoms with E-state index in [1.165, 1.54) is 38.6 Å². The van der Waals surface area contributed by atoms with Crippen LogP contribution >= 0.6 is 0 Å². The third-order valence-corrected chi connectivity index (χ3v) is 24.6. The minimum Gasteiger partial charge on any atom is -0.455 e. The van der Waals surface area contributed by atoms with E-state index >= 15 is 0 Å². The SMILES string of the molecule is CC(C)(C)c1ccc(N(c2ccc(C(C)(C)C)cc2)c2ccc(C3(c4ccc([Si](C)(C)C)cc4)c4cc(N(c5ccc(C(C)(C)C)cc5)c5ccc(C(C)(C)C)cc5)c5c(oc6ccccc65)c4-c4c3cc(N(c3ccc(C(C)(C)C)cc3)c3ccc(C(C)(C)C)cc3)c3c4oc4ccccc43)cc2)cc1. The van der Waals surface area contributed by atoms with Crippen LogP contribution in [-0.2, 0) is 37.9 Å². The van der Waals surface area contributed by atoms with Crippen LogP contribution in [0.3, 0.4) is 0 Å². The van der Waals surface area contributed by atoms with E-state index in [2.05, 4.69) is 414 Å². The Morgan fingerprint density at radius 2 is 0.509 bits per heavy atom. The monoisotopic (exact) mass is 1410 g/mol. The van der Waals surface area contributed by atoms with Crippen molar-refractivity contribution < 1.29 is 8.83 Å². The maximum absolute atomic E-state index is 7.82. The fourth-order valence-electron chi connectivity index (χ4n) is 16.2. The highest BCUT2D eigenvalue weighted by Crippen LogP contribution is 2.65. The molecule has 106 heavy (non-hydrogen) atoms. The highest BCUT2D eigenvalue weighted by Gasteiger charge is 2.51. The van der Waals surface area contributed by atoms with Crippen molar-refractivity contribution in [1.82, 2.24) is 0 Å². The van der Waals surface area contributed by atoms with Crippen LogP contribution < -0.4 is 19.9 Å². The Labute approximate surface area is 631 Å². The number of hydrogen-bond acceptors (Lipinski definition) is 5. The van der Waals surface area contributed by atoms with Gasteiger partial charge in [-0.2, -0.15) is 0 Å². The van der Waals surface area contributed by atoms with Gasteiger partial charge in [0, 0.05) is 61.7 Å². The molecule has 0 spiro atoms. The molecule has 536 valence electrons. The second kappa shape index (κ2) is 25.5. The van der Waals surface area contributed by atoms with Crippen LogP contribution in [-0.4, -0.2) is 8.07 Å². The summed E-state index contributed by atoms with van der Waals surface area (Å²) in [6, 6.07) is 97.6. The predicted octanol–water partition coefficient (Wildman–Crippen LogP) is 28.6. The molecule has 6 heteroatoms. The van der Waals surface area contributed by atoms with E-state index in [-0.39, 0.29) is 32.5 Å². The third-order valence-electron chi connectivity index (χ3n) is 22.5. The summed E-state index contributed by atoms with van der Waals surface area (Å²) in [5.74, 6) is 0. The first-order valence-electron chi connectivity index (χ1n) is 38.2. The zero-order valence-electron chi connectivity index (χ0n) is 66.4. The number of nitrogens with zero attached hydrogens (tertiary/aromatic N) is 3. The van der Waals surface area contributed by atoms with Gasteiger partial charge in [-0.25, -0.2) is 0 Å². The minimum atomic E-state index is -1.88. The number of rotatable bonds is 12. The standard InChI is InChI=1S/C100H105N3O2Si/c1-94(2,3)64-30-46-72(47-31-64)101(73-48-32-65(33-49-73)95(4,5)6)74-58-42-70(43-59-74)100(71-44-60-79(61-45-71)106(19,20)21)82-62-84(102(75-50-34-66(35-51-75)96(7,8)9)76-52-36-67(37-53-76)97(10,11)12)88-80-26-22-24-28-86(80)104-92(88)90(82)91-83(100)63-85(89-81-27-23-25-29-87(81)105-93(89)91)103(77-54-38-68(39-55-77)98(13,14)15)78-56-40-69(41-57-78)99(16,17)18/h22-63H,1-21H3. The Morgan fingerprint density at radius 1 is 0.274 bits per heavy atom. The van der Waals surface area contributed by atoms with E-state index in [0.717, 1.165) is 128 Å². The van der Waals surface area contributed by atoms with E-state index in [1.54, 1.807) is 0 Å². The Morgan fingerprint density at radius 3 is 0.764 bits per heavy atom. The van der Waals surface area contributed by atoms with E-state index in [4.69, 9.17) is 8.83 Å². The van der Waals surface area contributed by atoms with Crippen LogP contribution in [0.1, 0.15) is 180 Å². The number of anilines is 9. The molecule has 2 heterocycles. The van der Waals surface area contributed by atoms with Crippen molar-refractivity contribution in [2.75, 3.05) is 14.7 Å². The summed E-state index contributed by atoms with van der Waals surface area (Å²) in [6.45, 7) is 48.7. The summed E-state index contributed by atoms with van der Waals surface area (Å²) in [6.07, 6.45) is 0. The molecule has 5 nitrogen and oxygen atoms in total. The first kappa shape index (κ1) is 71.5. The zero-order chi connectivity index (χ0) is 75.2. The molecule has 0 atom stereocenters. The van der Waals surface area contributed by atoms with Gasteiger partial charge in [-0.05, 0) is 197 Å². The second-order valence-electron chi connectivity index (χ2n) is 37.2. The number of hydrogen-bond donors (Lipinski definition) is 0. The van der Waals surface area contributed by atoms with E-state index in [0.29, 0.717) is 0 Å². The van der Waals surface area contributed by atoms with Crippen molar-refractivity contribution in [2.45, 2.75) is 182 Å². The quantitative estimate of drug-likeness (QED) is 0.114. The van der Waals surface area contributed by atoms with E-state index < -0.39 is 13.5 Å². The Balaban J connectivity index is 1.12. The average Bonchev–Trinajstić information content (AvgIpc) is 1.50. The van der Waals surface area contributed by atoms with Gasteiger partial charge in [0.2, 0.25) is 0 Å². The first-order chi connectivity index (χ1) is 50.0. The zero-order valence-corrected chi connectivity index (χ0v) is 67.4. The second-order valence-corrected chi connectivity index (χ2v) is 42.2. The van der Waals surface area contributed by atoms with Crippen molar-refractivity contribution in [3.63, 3.8) is 0 Å². The predicted molar refractivity (Wildman–Crippen MR) is 458 cm³/mol. The van der Waals surface area contributed by atoms with Gasteiger partial charge in [0.1, 0.15) is 22.3 Å². The van der Waals surface area contributed by atoms with Gasteiger partial charge < -0.3 is 23.5 Å². The van der Waals surface area contributed by atoms with Gasteiger partial charge in [-0.3, -0.25) is 0 Å². The maximum Gasteiger partial charge on any atom is 0.145 e. The summed E-state index contributed by atoms with van der Waals surface area (Å²) in [5, 5.41) is 5.51. The van der Waals surface area contributed by atoms with Crippen LogP contribution in [0.25, 0.3) is 55.0 Å². The number of benzene rings is 12. The molecule has 15 rings (SSSR count). The van der Waals surface area contributed by atoms with Crippen molar-refractivity contribution in [1.29, 1.82) is 0 Å². The molecule has 1 aliphatic carbocycles. The van der Waals surface area contributed by atoms with Crippen LogP contribution in [0.15, 0.2) is 264 Å². The van der Waals surface area contributed by atoms with Gasteiger partial charge in [-0.15, -0.1) is 0 Å². The fourth-order valence-corrected chi connectivity index (χ4v) is 17.3. The Kier molecular flexibility index (Phi) is 17.2. The lowest BCUT2D eigenvalue weighted by atomic mass is 9.67. The van der Waals surface area contributed by atoms with Crippen molar-refractivity contribution >= 4 is 108 Å². The molecule has 0 fully saturated rings. The fraction of sp³-hybridized carbons (Fsp3) is 0.280. The van der Waals surface area contributed by atoms with E-state index in [9.17, 15) is 0 Å². The number of para-hydroxylation sites is 2. The smallest absolute Gasteiger partial charge is 0.145 e. The van der Waals surface area contributed by atoms with Crippen molar-refractivity contribution in [3.05, 3.63) is 310 Å². The van der Waals surface area contributed by atoms with Crippen LogP contribution in [0, 0.1) is 0 Å². The lowest BCUT2D eigenvalue weighted by Crippen LogP contribution is -2.38. The highest BCUT2D eigenvalue weighted by molar-refractivity contribution is 6.88. The summed E-state index contributed by atoms with van der Waals surface area (Å²) < 4.78 is 15.6. The largest absolute Gasteiger partial charge is 0.455 e. The Bertz CT molecular complexity index is 5200. The number of fused-ring (bicyclic) bond motifs is 11. The van der Waals surface area contributed by atoms with Crippen molar-refractivity contribution in [3.8, 4) is 11.1 Å².